The molecular formula is C37H30N4O2Pd. The Balaban J connectivity index is 0.00000343. The summed E-state index contributed by atoms with van der Waals surface area (Å²) in [7, 11) is 1.66. The molecule has 0 amide bonds. The Morgan fingerprint density at radius 1 is 0.773 bits per heavy atom. The number of rotatable bonds is 8. The average Bonchev–Trinajstić information content (AvgIpc) is 3.61. The van der Waals surface area contributed by atoms with Gasteiger partial charge < -0.3 is 14.0 Å². The van der Waals surface area contributed by atoms with Gasteiger partial charge in [0.15, 0.2) is 0 Å². The number of fused-ring (bicyclic) bond motifs is 3. The summed E-state index contributed by atoms with van der Waals surface area (Å²) in [5.74, 6) is 2.66. The Morgan fingerprint density at radius 2 is 1.57 bits per heavy atom. The van der Waals surface area contributed by atoms with Gasteiger partial charge >= 0.3 is 20.4 Å². The molecule has 0 N–H and O–H groups in total. The number of pyridine rings is 1. The number of hydrogen-bond acceptors (Lipinski definition) is 4. The summed E-state index contributed by atoms with van der Waals surface area (Å²) < 4.78 is 16.0. The third-order valence-corrected chi connectivity index (χ3v) is 7.73. The minimum absolute atomic E-state index is 0. The molecule has 7 rings (SSSR count). The second kappa shape index (κ2) is 12.5. The minimum atomic E-state index is 0. The van der Waals surface area contributed by atoms with Crippen molar-refractivity contribution in [3.63, 3.8) is 0 Å². The van der Waals surface area contributed by atoms with Crippen molar-refractivity contribution in [1.29, 1.82) is 0 Å². The molecule has 7 aromatic rings. The predicted molar refractivity (Wildman–Crippen MR) is 171 cm³/mol. The summed E-state index contributed by atoms with van der Waals surface area (Å²) in [5, 5.41) is 7.20. The standard InChI is InChI=1S/C37H30N4O2.Pd/c1-4-32-37(25-12-7-6-8-13-25)33(5-2)41(39-32)26-14-11-15-28(22-26)43-29-18-19-31-30-16-9-10-17-34(30)40(35(31)23-29)36-24-27(42-3)20-21-38-36;/h6-21,24H,4-5H2,1-3H3;/q-2;+2. The molecule has 0 bridgehead atoms. The number of aryl methyl sites for hydroxylation is 1. The number of hydrogen-bond donors (Lipinski definition) is 0. The molecule has 0 aliphatic heterocycles. The normalized spacial score (nSPS) is 11.1. The molecule has 0 aliphatic carbocycles. The van der Waals surface area contributed by atoms with Crippen molar-refractivity contribution in [2.45, 2.75) is 26.7 Å². The molecule has 0 saturated carbocycles. The molecule has 0 unspecified atom stereocenters. The Labute approximate surface area is 270 Å². The topological polar surface area (TPSA) is 54.1 Å². The first-order valence-electron chi connectivity index (χ1n) is 14.5. The maximum absolute atomic E-state index is 6.39. The van der Waals surface area contributed by atoms with Crippen LogP contribution < -0.4 is 9.47 Å². The Bertz CT molecular complexity index is 2080. The van der Waals surface area contributed by atoms with E-state index in [1.54, 1.807) is 13.3 Å². The van der Waals surface area contributed by atoms with Crippen molar-refractivity contribution in [2.24, 2.45) is 0 Å². The number of ether oxygens (including phenoxy) is 2. The van der Waals surface area contributed by atoms with Crippen LogP contribution in [0.3, 0.4) is 0 Å². The first-order chi connectivity index (χ1) is 21.2. The third-order valence-electron chi connectivity index (χ3n) is 7.73. The Morgan fingerprint density at radius 3 is 2.36 bits per heavy atom. The molecule has 0 saturated heterocycles. The van der Waals surface area contributed by atoms with Crippen molar-refractivity contribution in [3.05, 3.63) is 127 Å². The van der Waals surface area contributed by atoms with Crippen LogP contribution in [-0.4, -0.2) is 26.4 Å². The van der Waals surface area contributed by atoms with Gasteiger partial charge in [0.1, 0.15) is 11.6 Å². The number of nitrogens with zero attached hydrogens (tertiary/aromatic N) is 4. The molecule has 0 atom stereocenters. The van der Waals surface area contributed by atoms with E-state index in [0.29, 0.717) is 11.5 Å². The average molecular weight is 669 g/mol. The van der Waals surface area contributed by atoms with Crippen LogP contribution in [0, 0.1) is 12.1 Å². The Hall–Kier alpha value is -4.70. The number of benzene rings is 4. The summed E-state index contributed by atoms with van der Waals surface area (Å²) in [4.78, 5) is 4.65. The van der Waals surface area contributed by atoms with Gasteiger partial charge in [-0.1, -0.05) is 67.9 Å². The van der Waals surface area contributed by atoms with Gasteiger partial charge in [-0.05, 0) is 41.6 Å². The summed E-state index contributed by atoms with van der Waals surface area (Å²) in [5.41, 5.74) is 7.34. The second-order valence-electron chi connectivity index (χ2n) is 10.2. The molecule has 0 radical (unpaired) electrons. The molecular weight excluding hydrogens is 639 g/mol. The molecule has 6 nitrogen and oxygen atoms in total. The van der Waals surface area contributed by atoms with E-state index in [1.807, 2.05) is 59.3 Å². The van der Waals surface area contributed by atoms with E-state index < -0.39 is 0 Å². The van der Waals surface area contributed by atoms with E-state index in [1.165, 1.54) is 11.1 Å². The first-order valence-corrected chi connectivity index (χ1v) is 14.5. The van der Waals surface area contributed by atoms with E-state index >= 15 is 0 Å². The van der Waals surface area contributed by atoms with Crippen molar-refractivity contribution >= 4 is 21.8 Å². The maximum Gasteiger partial charge on any atom is 2.00 e. The van der Waals surface area contributed by atoms with E-state index in [4.69, 9.17) is 14.6 Å². The molecule has 3 heterocycles. The molecule has 0 fully saturated rings. The van der Waals surface area contributed by atoms with Crippen LogP contribution in [0.1, 0.15) is 25.2 Å². The second-order valence-corrected chi connectivity index (χ2v) is 10.2. The Kier molecular flexibility index (Phi) is 8.34. The van der Waals surface area contributed by atoms with Crippen LogP contribution >= 0.6 is 0 Å². The predicted octanol–water partition coefficient (Wildman–Crippen LogP) is 8.55. The van der Waals surface area contributed by atoms with Crippen LogP contribution in [-0.2, 0) is 33.3 Å². The van der Waals surface area contributed by atoms with Gasteiger partial charge in [-0.15, -0.1) is 35.7 Å². The fourth-order valence-electron chi connectivity index (χ4n) is 5.77. The molecule has 4 aromatic carbocycles. The largest absolute Gasteiger partial charge is 2.00 e. The maximum atomic E-state index is 6.39. The molecule has 0 aliphatic rings. The van der Waals surface area contributed by atoms with Gasteiger partial charge in [-0.25, -0.2) is 4.98 Å². The van der Waals surface area contributed by atoms with Gasteiger partial charge in [0.25, 0.3) is 0 Å². The fourth-order valence-corrected chi connectivity index (χ4v) is 5.77. The third kappa shape index (κ3) is 5.19. The van der Waals surface area contributed by atoms with Gasteiger partial charge in [-0.3, -0.25) is 4.68 Å². The summed E-state index contributed by atoms with van der Waals surface area (Å²) in [6.07, 6.45) is 3.43. The number of para-hydroxylation sites is 1. The van der Waals surface area contributed by atoms with E-state index in [0.717, 1.165) is 63.3 Å². The quantitative estimate of drug-likeness (QED) is 0.120. The van der Waals surface area contributed by atoms with Crippen molar-refractivity contribution in [3.8, 4) is 39.9 Å². The summed E-state index contributed by atoms with van der Waals surface area (Å²) in [6.45, 7) is 4.31. The summed E-state index contributed by atoms with van der Waals surface area (Å²) >= 11 is 0. The monoisotopic (exact) mass is 668 g/mol. The smallest absolute Gasteiger partial charge is 0.509 e. The van der Waals surface area contributed by atoms with Gasteiger partial charge in [0.05, 0.1) is 12.8 Å². The van der Waals surface area contributed by atoms with Crippen molar-refractivity contribution < 1.29 is 29.9 Å². The zero-order valence-electron chi connectivity index (χ0n) is 24.7. The fraction of sp³-hybridized carbons (Fsp3) is 0.135. The van der Waals surface area contributed by atoms with Crippen LogP contribution in [0.5, 0.6) is 17.2 Å². The van der Waals surface area contributed by atoms with Crippen LogP contribution in [0.4, 0.5) is 0 Å². The van der Waals surface area contributed by atoms with E-state index in [-0.39, 0.29) is 20.4 Å². The summed E-state index contributed by atoms with van der Waals surface area (Å²) in [6, 6.07) is 39.4. The van der Waals surface area contributed by atoms with E-state index in [9.17, 15) is 0 Å². The molecule has 0 spiro atoms. The van der Waals surface area contributed by atoms with Gasteiger partial charge in [-0.2, -0.15) is 17.2 Å². The molecule has 7 heteroatoms. The molecule has 3 aromatic heterocycles. The SMILES string of the molecule is CCc1nn(-c2[c-]c(Oc3[c-]c4c(cc3)c3ccccc3n4-c3cc(OC)ccn3)ccc2)c(CC)c1-c1ccccc1.[Pd+2]. The minimum Gasteiger partial charge on any atom is -0.509 e. The number of methoxy groups -OCH3 is 1. The van der Waals surface area contributed by atoms with Gasteiger partial charge in [0.2, 0.25) is 0 Å². The molecule has 44 heavy (non-hydrogen) atoms. The zero-order chi connectivity index (χ0) is 29.3. The number of aromatic nitrogens is 4. The first kappa shape index (κ1) is 29.4. The van der Waals surface area contributed by atoms with Crippen molar-refractivity contribution in [1.82, 2.24) is 19.3 Å². The van der Waals surface area contributed by atoms with Crippen LogP contribution in [0.2, 0.25) is 0 Å². The van der Waals surface area contributed by atoms with Crippen LogP contribution in [0.15, 0.2) is 103 Å². The van der Waals surface area contributed by atoms with E-state index in [2.05, 4.69) is 78.0 Å². The zero-order valence-corrected chi connectivity index (χ0v) is 26.2. The molecule has 220 valence electrons. The van der Waals surface area contributed by atoms with Gasteiger partial charge in [0, 0.05) is 40.5 Å². The van der Waals surface area contributed by atoms with Crippen LogP contribution in [0.25, 0.3) is 44.4 Å². The van der Waals surface area contributed by atoms with Crippen molar-refractivity contribution in [2.75, 3.05) is 7.11 Å².